The molecular formula is C20H14F2N4O2. The van der Waals surface area contributed by atoms with E-state index in [1.807, 2.05) is 6.07 Å². The van der Waals surface area contributed by atoms with Crippen LogP contribution in [0.5, 0.6) is 5.75 Å². The number of nitrogens with one attached hydrogen (secondary N) is 1. The summed E-state index contributed by atoms with van der Waals surface area (Å²) in [5.41, 5.74) is 3.71. The van der Waals surface area contributed by atoms with Crippen molar-refractivity contribution in [2.45, 2.75) is 6.54 Å². The summed E-state index contributed by atoms with van der Waals surface area (Å²) in [5.74, 6) is -1.85. The first kappa shape index (κ1) is 17.6. The number of benzene rings is 2. The Kier molecular flexibility index (Phi) is 4.67. The first-order chi connectivity index (χ1) is 13.6. The molecule has 0 fully saturated rings. The van der Waals surface area contributed by atoms with Crippen LogP contribution in [0.25, 0.3) is 11.0 Å². The van der Waals surface area contributed by atoms with Crippen LogP contribution < -0.4 is 10.3 Å². The number of pyridine rings is 1. The molecule has 0 bridgehead atoms. The van der Waals surface area contributed by atoms with Gasteiger partial charge in [-0.3, -0.25) is 4.79 Å². The Morgan fingerprint density at radius 3 is 2.71 bits per heavy atom. The van der Waals surface area contributed by atoms with Crippen LogP contribution in [0, 0.1) is 11.6 Å². The number of carbonyl (C=O) groups excluding carboxylic acids is 1. The van der Waals surface area contributed by atoms with E-state index in [1.54, 1.807) is 28.8 Å². The molecule has 2 heterocycles. The van der Waals surface area contributed by atoms with Crippen LogP contribution in [0.15, 0.2) is 67.1 Å². The molecule has 0 aliphatic carbocycles. The molecule has 0 aliphatic heterocycles. The summed E-state index contributed by atoms with van der Waals surface area (Å²) in [7, 11) is 0. The van der Waals surface area contributed by atoms with E-state index in [4.69, 9.17) is 4.84 Å². The lowest BCUT2D eigenvalue weighted by molar-refractivity contribution is 0.0754. The highest BCUT2D eigenvalue weighted by Crippen LogP contribution is 2.18. The molecule has 8 heteroatoms. The van der Waals surface area contributed by atoms with E-state index in [-0.39, 0.29) is 17.8 Å². The molecule has 0 saturated heterocycles. The van der Waals surface area contributed by atoms with Crippen LogP contribution in [0.2, 0.25) is 0 Å². The highest BCUT2D eigenvalue weighted by atomic mass is 19.2. The number of halogens is 2. The molecule has 1 N–H and O–H groups in total. The van der Waals surface area contributed by atoms with Crippen LogP contribution in [-0.2, 0) is 6.54 Å². The lowest BCUT2D eigenvalue weighted by Crippen LogP contribution is -2.27. The van der Waals surface area contributed by atoms with Crippen molar-refractivity contribution in [2.75, 3.05) is 0 Å². The maximum absolute atomic E-state index is 13.9. The molecule has 6 nitrogen and oxygen atoms in total. The number of amides is 1. The summed E-state index contributed by atoms with van der Waals surface area (Å²) in [5, 5.41) is 0. The van der Waals surface area contributed by atoms with E-state index in [0.29, 0.717) is 16.8 Å². The monoisotopic (exact) mass is 380 g/mol. The van der Waals surface area contributed by atoms with Crippen LogP contribution in [0.3, 0.4) is 0 Å². The van der Waals surface area contributed by atoms with Crippen molar-refractivity contribution in [1.29, 1.82) is 0 Å². The Morgan fingerprint density at radius 2 is 1.89 bits per heavy atom. The summed E-state index contributed by atoms with van der Waals surface area (Å²) in [4.78, 5) is 25.7. The quantitative estimate of drug-likeness (QED) is 0.538. The fourth-order valence-corrected chi connectivity index (χ4v) is 2.71. The molecule has 4 aromatic rings. The van der Waals surface area contributed by atoms with Crippen molar-refractivity contribution in [3.63, 3.8) is 0 Å². The zero-order valence-corrected chi connectivity index (χ0v) is 14.5. The molecule has 0 spiro atoms. The average Bonchev–Trinajstić information content (AvgIpc) is 3.12. The Morgan fingerprint density at radius 1 is 1.07 bits per heavy atom. The SMILES string of the molecule is O=C(NOc1ccccc1)c1cc2ncn(Cc3cccc(F)c3F)c2cn1. The van der Waals surface area contributed by atoms with Crippen LogP contribution in [0.1, 0.15) is 16.1 Å². The molecule has 2 aromatic carbocycles. The molecule has 140 valence electrons. The third-order valence-corrected chi connectivity index (χ3v) is 4.12. The minimum atomic E-state index is -0.905. The van der Waals surface area contributed by atoms with Crippen molar-refractivity contribution in [3.05, 3.63) is 90.0 Å². The van der Waals surface area contributed by atoms with Gasteiger partial charge >= 0.3 is 5.91 Å². The predicted octanol–water partition coefficient (Wildman–Crippen LogP) is 3.48. The Labute approximate surface area is 158 Å². The number of imidazole rings is 1. The second-order valence-electron chi connectivity index (χ2n) is 5.99. The van der Waals surface area contributed by atoms with E-state index in [9.17, 15) is 13.6 Å². The van der Waals surface area contributed by atoms with Crippen LogP contribution >= 0.6 is 0 Å². The smallest absolute Gasteiger partial charge is 0.302 e. The van der Waals surface area contributed by atoms with Crippen molar-refractivity contribution < 1.29 is 18.4 Å². The Hall–Kier alpha value is -3.81. The molecule has 0 radical (unpaired) electrons. The van der Waals surface area contributed by atoms with Crippen molar-refractivity contribution in [2.24, 2.45) is 0 Å². The topological polar surface area (TPSA) is 69.0 Å². The first-order valence-corrected chi connectivity index (χ1v) is 8.38. The number of carbonyl (C=O) groups is 1. The third-order valence-electron chi connectivity index (χ3n) is 4.12. The van der Waals surface area contributed by atoms with Crippen molar-refractivity contribution in [1.82, 2.24) is 20.0 Å². The number of hydrogen-bond acceptors (Lipinski definition) is 4. The number of hydrogen-bond donors (Lipinski definition) is 1. The molecule has 0 unspecified atom stereocenters. The summed E-state index contributed by atoms with van der Waals surface area (Å²) >= 11 is 0. The maximum atomic E-state index is 13.9. The van der Waals surface area contributed by atoms with Gasteiger partial charge in [0.1, 0.15) is 5.69 Å². The number of fused-ring (bicyclic) bond motifs is 1. The van der Waals surface area contributed by atoms with Gasteiger partial charge in [0.2, 0.25) is 0 Å². The number of hydroxylamine groups is 1. The van der Waals surface area contributed by atoms with Crippen LogP contribution in [-0.4, -0.2) is 20.4 Å². The van der Waals surface area contributed by atoms with Gasteiger partial charge in [0.15, 0.2) is 17.4 Å². The molecule has 0 aliphatic rings. The maximum Gasteiger partial charge on any atom is 0.302 e. The van der Waals surface area contributed by atoms with E-state index in [0.717, 1.165) is 6.07 Å². The molecule has 1 amide bonds. The zero-order chi connectivity index (χ0) is 19.5. The summed E-state index contributed by atoms with van der Waals surface area (Å²) in [6, 6.07) is 14.3. The lowest BCUT2D eigenvalue weighted by atomic mass is 10.2. The van der Waals surface area contributed by atoms with Gasteiger partial charge in [-0.25, -0.2) is 18.7 Å². The lowest BCUT2D eigenvalue weighted by Gasteiger charge is -2.07. The molecule has 4 rings (SSSR count). The van der Waals surface area contributed by atoms with Gasteiger partial charge in [0, 0.05) is 5.56 Å². The van der Waals surface area contributed by atoms with E-state index >= 15 is 0 Å². The first-order valence-electron chi connectivity index (χ1n) is 8.38. The minimum absolute atomic E-state index is 0.0877. The van der Waals surface area contributed by atoms with E-state index in [2.05, 4.69) is 15.4 Å². The second kappa shape index (κ2) is 7.43. The highest BCUT2D eigenvalue weighted by molar-refractivity contribution is 5.94. The average molecular weight is 380 g/mol. The van der Waals surface area contributed by atoms with E-state index in [1.165, 1.54) is 30.7 Å². The third kappa shape index (κ3) is 3.52. The molecule has 2 aromatic heterocycles. The highest BCUT2D eigenvalue weighted by Gasteiger charge is 2.13. The number of rotatable bonds is 5. The van der Waals surface area contributed by atoms with Gasteiger partial charge in [-0.05, 0) is 24.3 Å². The van der Waals surface area contributed by atoms with Gasteiger partial charge < -0.3 is 9.40 Å². The Bertz CT molecular complexity index is 1150. The van der Waals surface area contributed by atoms with Gasteiger partial charge in [0.05, 0.1) is 30.1 Å². The van der Waals surface area contributed by atoms with E-state index < -0.39 is 17.5 Å². The van der Waals surface area contributed by atoms with Gasteiger partial charge in [0.25, 0.3) is 0 Å². The zero-order valence-electron chi connectivity index (χ0n) is 14.5. The largest absolute Gasteiger partial charge is 0.379 e. The summed E-state index contributed by atoms with van der Waals surface area (Å²) < 4.78 is 28.9. The minimum Gasteiger partial charge on any atom is -0.379 e. The second-order valence-corrected chi connectivity index (χ2v) is 5.99. The van der Waals surface area contributed by atoms with Gasteiger partial charge in [-0.1, -0.05) is 30.3 Å². The molecule has 0 atom stereocenters. The number of aromatic nitrogens is 3. The molecule has 28 heavy (non-hydrogen) atoms. The van der Waals surface area contributed by atoms with Crippen molar-refractivity contribution >= 4 is 16.9 Å². The Balaban J connectivity index is 1.52. The van der Waals surface area contributed by atoms with Gasteiger partial charge in [-0.2, -0.15) is 5.48 Å². The number of para-hydroxylation sites is 1. The normalized spacial score (nSPS) is 10.8. The molecular weight excluding hydrogens is 366 g/mol. The summed E-state index contributed by atoms with van der Waals surface area (Å²) in [6.45, 7) is 0.0877. The molecule has 0 saturated carbocycles. The summed E-state index contributed by atoms with van der Waals surface area (Å²) in [6.07, 6.45) is 2.94. The predicted molar refractivity (Wildman–Crippen MR) is 97.5 cm³/mol. The fourth-order valence-electron chi connectivity index (χ4n) is 2.71. The van der Waals surface area contributed by atoms with Crippen molar-refractivity contribution in [3.8, 4) is 5.75 Å². The van der Waals surface area contributed by atoms with Crippen LogP contribution in [0.4, 0.5) is 8.78 Å². The number of nitrogens with zero attached hydrogens (tertiary/aromatic N) is 3. The standard InChI is InChI=1S/C20H14F2N4O2/c21-15-8-4-5-13(19(15)22)11-26-12-24-16-9-17(23-10-18(16)26)20(27)25-28-14-6-2-1-3-7-14/h1-10,12H,11H2,(H,25,27). The fraction of sp³-hybridized carbons (Fsp3) is 0.0500. The van der Waals surface area contributed by atoms with Gasteiger partial charge in [-0.15, -0.1) is 0 Å².